The largest absolute Gasteiger partial charge is 0.490 e. The molecule has 0 aliphatic rings. The Balaban J connectivity index is 0. The predicted octanol–water partition coefficient (Wildman–Crippen LogP) is 1.36. The van der Waals surface area contributed by atoms with Gasteiger partial charge in [0, 0.05) is 0 Å². The fraction of sp³-hybridized carbons (Fsp3) is 0.625. The first-order chi connectivity index (χ1) is 8.41. The van der Waals surface area contributed by atoms with Gasteiger partial charge >= 0.3 is 24.0 Å². The SMILES string of the molecule is CCOC(=O)C(F)(F)C(=O)CF.O=C(O)C(F)(F)F. The number of carbonyl (C=O) groups is 3. The summed E-state index contributed by atoms with van der Waals surface area (Å²) in [6, 6.07) is 0. The maximum Gasteiger partial charge on any atom is 0.490 e. The standard InChI is InChI=1S/C6H7F3O3.C2HF3O2/c1-2-12-5(11)6(8,9)4(10)3-7;3-2(4,5)1(6)7/h2-3H2,1H3;(H,6,7). The molecule has 0 heterocycles. The van der Waals surface area contributed by atoms with Gasteiger partial charge in [-0.2, -0.15) is 22.0 Å². The molecule has 0 amide bonds. The van der Waals surface area contributed by atoms with Crippen molar-refractivity contribution >= 4 is 17.7 Å². The number of ether oxygens (including phenoxy) is 1. The first-order valence-corrected chi connectivity index (χ1v) is 4.35. The van der Waals surface area contributed by atoms with Crippen molar-refractivity contribution in [3.8, 4) is 0 Å². The molecule has 0 spiro atoms. The van der Waals surface area contributed by atoms with Gasteiger partial charge in [-0.25, -0.2) is 14.0 Å². The van der Waals surface area contributed by atoms with Crippen LogP contribution in [0.25, 0.3) is 0 Å². The van der Waals surface area contributed by atoms with Crippen LogP contribution >= 0.6 is 0 Å². The lowest BCUT2D eigenvalue weighted by Crippen LogP contribution is -2.40. The van der Waals surface area contributed by atoms with E-state index in [1.807, 2.05) is 0 Å². The lowest BCUT2D eigenvalue weighted by Gasteiger charge is -2.10. The Labute approximate surface area is 102 Å². The Kier molecular flexibility index (Phi) is 7.80. The van der Waals surface area contributed by atoms with E-state index >= 15 is 0 Å². The van der Waals surface area contributed by atoms with Gasteiger partial charge in [0.05, 0.1) is 6.61 Å². The van der Waals surface area contributed by atoms with Gasteiger partial charge in [-0.15, -0.1) is 0 Å². The smallest absolute Gasteiger partial charge is 0.475 e. The highest BCUT2D eigenvalue weighted by Gasteiger charge is 2.48. The van der Waals surface area contributed by atoms with Crippen molar-refractivity contribution < 1.29 is 50.6 Å². The average molecular weight is 298 g/mol. The third-order valence-corrected chi connectivity index (χ3v) is 1.25. The van der Waals surface area contributed by atoms with Gasteiger partial charge in [0.25, 0.3) is 0 Å². The molecule has 0 bridgehead atoms. The predicted molar refractivity (Wildman–Crippen MR) is 46.3 cm³/mol. The van der Waals surface area contributed by atoms with E-state index in [4.69, 9.17) is 9.90 Å². The molecule has 0 aliphatic carbocycles. The molecule has 19 heavy (non-hydrogen) atoms. The Hall–Kier alpha value is -1.81. The van der Waals surface area contributed by atoms with Gasteiger partial charge in [-0.05, 0) is 6.92 Å². The number of halogens is 6. The molecule has 0 aromatic rings. The monoisotopic (exact) mass is 298 g/mol. The van der Waals surface area contributed by atoms with E-state index in [0.29, 0.717) is 0 Å². The average Bonchev–Trinajstić information content (AvgIpc) is 2.27. The van der Waals surface area contributed by atoms with Gasteiger partial charge in [-0.3, -0.25) is 4.79 Å². The van der Waals surface area contributed by atoms with Crippen LogP contribution in [0.15, 0.2) is 0 Å². The van der Waals surface area contributed by atoms with Crippen molar-refractivity contribution in [1.82, 2.24) is 0 Å². The van der Waals surface area contributed by atoms with Crippen molar-refractivity contribution in [2.75, 3.05) is 13.3 Å². The zero-order chi connectivity index (χ0) is 15.9. The first-order valence-electron chi connectivity index (χ1n) is 4.35. The summed E-state index contributed by atoms with van der Waals surface area (Å²) in [5.41, 5.74) is 0. The zero-order valence-electron chi connectivity index (χ0n) is 9.26. The number of alkyl halides is 6. The third-order valence-electron chi connectivity index (χ3n) is 1.25. The maximum atomic E-state index is 12.3. The van der Waals surface area contributed by atoms with Crippen molar-refractivity contribution in [3.05, 3.63) is 0 Å². The third kappa shape index (κ3) is 7.26. The van der Waals surface area contributed by atoms with E-state index < -0.39 is 36.5 Å². The molecule has 0 saturated carbocycles. The van der Waals surface area contributed by atoms with Crippen LogP contribution in [-0.2, 0) is 19.1 Å². The number of Topliss-reactive ketones (excluding diaryl/α,β-unsaturated/α-hetero) is 1. The Morgan fingerprint density at radius 3 is 1.68 bits per heavy atom. The molecule has 112 valence electrons. The molecule has 0 rings (SSSR count). The Bertz CT molecular complexity index is 337. The molecule has 0 radical (unpaired) electrons. The number of carboxylic acid groups (broad SMARTS) is 1. The molecular formula is C8H8F6O5. The molecule has 0 atom stereocenters. The molecule has 0 aromatic carbocycles. The number of carbonyl (C=O) groups excluding carboxylic acids is 2. The Morgan fingerprint density at radius 2 is 1.47 bits per heavy atom. The van der Waals surface area contributed by atoms with Gasteiger partial charge in [0.2, 0.25) is 5.78 Å². The van der Waals surface area contributed by atoms with Crippen molar-refractivity contribution in [2.45, 2.75) is 19.0 Å². The van der Waals surface area contributed by atoms with Gasteiger partial charge in [0.1, 0.15) is 0 Å². The fourth-order valence-corrected chi connectivity index (χ4v) is 0.419. The van der Waals surface area contributed by atoms with Crippen LogP contribution in [0.5, 0.6) is 0 Å². The molecule has 0 unspecified atom stereocenters. The van der Waals surface area contributed by atoms with E-state index in [1.165, 1.54) is 6.92 Å². The molecular weight excluding hydrogens is 290 g/mol. The second-order valence-electron chi connectivity index (χ2n) is 2.65. The van der Waals surface area contributed by atoms with E-state index in [0.717, 1.165) is 0 Å². The molecule has 0 aliphatic heterocycles. The van der Waals surface area contributed by atoms with Gasteiger partial charge < -0.3 is 9.84 Å². The lowest BCUT2D eigenvalue weighted by atomic mass is 10.2. The lowest BCUT2D eigenvalue weighted by molar-refractivity contribution is -0.192. The van der Waals surface area contributed by atoms with Gasteiger partial charge in [0.15, 0.2) is 6.67 Å². The van der Waals surface area contributed by atoms with Gasteiger partial charge in [-0.1, -0.05) is 0 Å². The van der Waals surface area contributed by atoms with Crippen LogP contribution in [0.3, 0.4) is 0 Å². The topological polar surface area (TPSA) is 80.7 Å². The number of esters is 1. The minimum Gasteiger partial charge on any atom is -0.475 e. The van der Waals surface area contributed by atoms with E-state index in [1.54, 1.807) is 0 Å². The summed E-state index contributed by atoms with van der Waals surface area (Å²) in [6.07, 6.45) is -5.08. The number of aliphatic carboxylic acids is 1. The minimum absolute atomic E-state index is 0.284. The van der Waals surface area contributed by atoms with Crippen LogP contribution in [-0.4, -0.2) is 48.2 Å². The number of ketones is 1. The van der Waals surface area contributed by atoms with Crippen molar-refractivity contribution in [2.24, 2.45) is 0 Å². The molecule has 5 nitrogen and oxygen atoms in total. The summed E-state index contributed by atoms with van der Waals surface area (Å²) in [6.45, 7) is -0.867. The Morgan fingerprint density at radius 1 is 1.11 bits per heavy atom. The summed E-state index contributed by atoms with van der Waals surface area (Å²) < 4.78 is 71.7. The highest BCUT2D eigenvalue weighted by Crippen LogP contribution is 2.17. The maximum absolute atomic E-state index is 12.3. The quantitative estimate of drug-likeness (QED) is 0.481. The number of hydrogen-bond donors (Lipinski definition) is 1. The highest BCUT2D eigenvalue weighted by molar-refractivity contribution is 6.05. The molecule has 0 fully saturated rings. The van der Waals surface area contributed by atoms with E-state index in [-0.39, 0.29) is 6.61 Å². The van der Waals surface area contributed by atoms with Crippen molar-refractivity contribution in [3.63, 3.8) is 0 Å². The number of rotatable bonds is 4. The number of carboxylic acids is 1. The zero-order valence-corrected chi connectivity index (χ0v) is 9.26. The van der Waals surface area contributed by atoms with Crippen LogP contribution < -0.4 is 0 Å². The van der Waals surface area contributed by atoms with Crippen molar-refractivity contribution in [1.29, 1.82) is 0 Å². The van der Waals surface area contributed by atoms with E-state index in [9.17, 15) is 35.9 Å². The summed E-state index contributed by atoms with van der Waals surface area (Å²) >= 11 is 0. The molecule has 11 heteroatoms. The van der Waals surface area contributed by atoms with Crippen LogP contribution in [0.2, 0.25) is 0 Å². The molecule has 0 saturated heterocycles. The second kappa shape index (κ2) is 7.59. The van der Waals surface area contributed by atoms with E-state index in [2.05, 4.69) is 4.74 Å². The number of hydrogen-bond acceptors (Lipinski definition) is 4. The second-order valence-corrected chi connectivity index (χ2v) is 2.65. The summed E-state index contributed by atoms with van der Waals surface area (Å²) in [5, 5.41) is 7.12. The van der Waals surface area contributed by atoms with Crippen LogP contribution in [0, 0.1) is 0 Å². The first kappa shape index (κ1) is 19.5. The minimum atomic E-state index is -5.08. The summed E-state index contributed by atoms with van der Waals surface area (Å²) in [7, 11) is 0. The molecule has 1 N–H and O–H groups in total. The summed E-state index contributed by atoms with van der Waals surface area (Å²) in [4.78, 5) is 29.3. The van der Waals surface area contributed by atoms with Crippen LogP contribution in [0.4, 0.5) is 26.3 Å². The summed E-state index contributed by atoms with van der Waals surface area (Å²) in [5.74, 6) is -11.2. The normalized spacial score (nSPS) is 11.1. The van der Waals surface area contributed by atoms with Crippen LogP contribution in [0.1, 0.15) is 6.92 Å². The highest BCUT2D eigenvalue weighted by atomic mass is 19.4. The fourth-order valence-electron chi connectivity index (χ4n) is 0.419. The molecule has 0 aromatic heterocycles.